The summed E-state index contributed by atoms with van der Waals surface area (Å²) in [6.45, 7) is 3.05. The van der Waals surface area contributed by atoms with Gasteiger partial charge in [-0.05, 0) is 22.3 Å². The molecule has 112 valence electrons. The Hall–Kier alpha value is -1.68. The van der Waals surface area contributed by atoms with Crippen LogP contribution in [0, 0.1) is 0 Å². The van der Waals surface area contributed by atoms with Gasteiger partial charge in [0.15, 0.2) is 0 Å². The fourth-order valence-corrected chi connectivity index (χ4v) is 2.27. The molecule has 0 radical (unpaired) electrons. The molecule has 0 aliphatic carbocycles. The fourth-order valence-electron chi connectivity index (χ4n) is 2.27. The number of nitrogens with one attached hydrogen (secondary N) is 1. The number of hydrogen-bond acceptors (Lipinski definition) is 3. The molecule has 0 unspecified atom stereocenters. The Labute approximate surface area is 126 Å². The number of benzene rings is 2. The SMILES string of the molecule is COCc1ccc(CNCc2cccc(COC)c2)cc1. The lowest BCUT2D eigenvalue weighted by atomic mass is 10.1. The van der Waals surface area contributed by atoms with Crippen molar-refractivity contribution in [2.24, 2.45) is 0 Å². The van der Waals surface area contributed by atoms with Crippen LogP contribution < -0.4 is 5.32 Å². The second kappa shape index (κ2) is 8.57. The van der Waals surface area contributed by atoms with E-state index >= 15 is 0 Å². The first-order chi connectivity index (χ1) is 10.3. The van der Waals surface area contributed by atoms with E-state index in [4.69, 9.17) is 9.47 Å². The normalized spacial score (nSPS) is 10.8. The van der Waals surface area contributed by atoms with E-state index in [1.807, 2.05) is 0 Å². The van der Waals surface area contributed by atoms with Crippen LogP contribution in [0.4, 0.5) is 0 Å². The molecule has 0 saturated carbocycles. The summed E-state index contributed by atoms with van der Waals surface area (Å²) in [5.41, 5.74) is 4.97. The first-order valence-electron chi connectivity index (χ1n) is 7.16. The van der Waals surface area contributed by atoms with Gasteiger partial charge in [0.05, 0.1) is 13.2 Å². The second-order valence-corrected chi connectivity index (χ2v) is 5.11. The molecule has 2 aromatic carbocycles. The van der Waals surface area contributed by atoms with E-state index in [2.05, 4.69) is 53.8 Å². The highest BCUT2D eigenvalue weighted by molar-refractivity contribution is 5.24. The van der Waals surface area contributed by atoms with Crippen LogP contribution in [0.25, 0.3) is 0 Å². The topological polar surface area (TPSA) is 30.5 Å². The Morgan fingerprint density at radius 2 is 1.29 bits per heavy atom. The van der Waals surface area contributed by atoms with Gasteiger partial charge >= 0.3 is 0 Å². The Balaban J connectivity index is 1.82. The van der Waals surface area contributed by atoms with Crippen molar-refractivity contribution in [1.82, 2.24) is 5.32 Å². The van der Waals surface area contributed by atoms with Crippen LogP contribution in [0.5, 0.6) is 0 Å². The highest BCUT2D eigenvalue weighted by atomic mass is 16.5. The van der Waals surface area contributed by atoms with Crippen LogP contribution in [-0.2, 0) is 35.8 Å². The maximum atomic E-state index is 5.16. The minimum atomic E-state index is 0.662. The molecule has 0 aliphatic heterocycles. The van der Waals surface area contributed by atoms with E-state index in [0.29, 0.717) is 13.2 Å². The lowest BCUT2D eigenvalue weighted by Crippen LogP contribution is -2.12. The van der Waals surface area contributed by atoms with Crippen molar-refractivity contribution in [3.05, 3.63) is 70.8 Å². The third kappa shape index (κ3) is 5.31. The van der Waals surface area contributed by atoms with Crippen molar-refractivity contribution < 1.29 is 9.47 Å². The van der Waals surface area contributed by atoms with Gasteiger partial charge in [-0.1, -0.05) is 48.5 Å². The molecule has 3 nitrogen and oxygen atoms in total. The van der Waals surface area contributed by atoms with Gasteiger partial charge in [-0.25, -0.2) is 0 Å². The highest BCUT2D eigenvalue weighted by Gasteiger charge is 1.98. The number of ether oxygens (including phenoxy) is 2. The Morgan fingerprint density at radius 3 is 2.00 bits per heavy atom. The Kier molecular flexibility index (Phi) is 6.41. The zero-order valence-electron chi connectivity index (χ0n) is 12.8. The zero-order chi connectivity index (χ0) is 14.9. The van der Waals surface area contributed by atoms with Crippen molar-refractivity contribution in [1.29, 1.82) is 0 Å². The Morgan fingerprint density at radius 1 is 0.714 bits per heavy atom. The number of hydrogen-bond donors (Lipinski definition) is 1. The van der Waals surface area contributed by atoms with Crippen LogP contribution in [0.15, 0.2) is 48.5 Å². The molecule has 0 aromatic heterocycles. The molecule has 2 rings (SSSR count). The second-order valence-electron chi connectivity index (χ2n) is 5.11. The zero-order valence-corrected chi connectivity index (χ0v) is 12.8. The Bertz CT molecular complexity index is 537. The smallest absolute Gasteiger partial charge is 0.0713 e. The molecule has 0 fully saturated rings. The average molecular weight is 285 g/mol. The van der Waals surface area contributed by atoms with Gasteiger partial charge in [-0.15, -0.1) is 0 Å². The molecule has 0 heterocycles. The highest BCUT2D eigenvalue weighted by Crippen LogP contribution is 2.08. The third-order valence-corrected chi connectivity index (χ3v) is 3.29. The molecule has 2 aromatic rings. The predicted octanol–water partition coefficient (Wildman–Crippen LogP) is 3.27. The van der Waals surface area contributed by atoms with E-state index in [1.165, 1.54) is 22.3 Å². The molecule has 0 amide bonds. The lowest BCUT2D eigenvalue weighted by Gasteiger charge is -2.08. The molecule has 0 saturated heterocycles. The minimum absolute atomic E-state index is 0.662. The molecule has 0 bridgehead atoms. The third-order valence-electron chi connectivity index (χ3n) is 3.29. The van der Waals surface area contributed by atoms with Crippen molar-refractivity contribution in [3.8, 4) is 0 Å². The van der Waals surface area contributed by atoms with Gasteiger partial charge in [-0.3, -0.25) is 0 Å². The maximum absolute atomic E-state index is 5.16. The molecule has 3 heteroatoms. The van der Waals surface area contributed by atoms with E-state index in [9.17, 15) is 0 Å². The van der Waals surface area contributed by atoms with E-state index in [-0.39, 0.29) is 0 Å². The van der Waals surface area contributed by atoms with Crippen LogP contribution in [0.1, 0.15) is 22.3 Å². The summed E-state index contributed by atoms with van der Waals surface area (Å²) in [4.78, 5) is 0. The summed E-state index contributed by atoms with van der Waals surface area (Å²) in [7, 11) is 3.44. The molecule has 1 N–H and O–H groups in total. The monoisotopic (exact) mass is 285 g/mol. The van der Waals surface area contributed by atoms with Gasteiger partial charge in [0.1, 0.15) is 0 Å². The van der Waals surface area contributed by atoms with Crippen LogP contribution >= 0.6 is 0 Å². The summed E-state index contributed by atoms with van der Waals surface area (Å²) < 4.78 is 10.3. The largest absolute Gasteiger partial charge is 0.380 e. The van der Waals surface area contributed by atoms with Crippen molar-refractivity contribution >= 4 is 0 Å². The average Bonchev–Trinajstić information content (AvgIpc) is 2.50. The molecule has 0 aliphatic rings. The van der Waals surface area contributed by atoms with Crippen molar-refractivity contribution in [2.75, 3.05) is 14.2 Å². The van der Waals surface area contributed by atoms with Gasteiger partial charge in [0.25, 0.3) is 0 Å². The van der Waals surface area contributed by atoms with Crippen LogP contribution in [-0.4, -0.2) is 14.2 Å². The van der Waals surface area contributed by atoms with E-state index < -0.39 is 0 Å². The van der Waals surface area contributed by atoms with Gasteiger partial charge in [-0.2, -0.15) is 0 Å². The molecule has 21 heavy (non-hydrogen) atoms. The van der Waals surface area contributed by atoms with Crippen LogP contribution in [0.2, 0.25) is 0 Å². The molecular formula is C18H23NO2. The molecular weight excluding hydrogens is 262 g/mol. The number of methoxy groups -OCH3 is 2. The van der Waals surface area contributed by atoms with Gasteiger partial charge < -0.3 is 14.8 Å². The molecule has 0 spiro atoms. The summed E-state index contributed by atoms with van der Waals surface area (Å²) in [6.07, 6.45) is 0. The first-order valence-corrected chi connectivity index (χ1v) is 7.16. The fraction of sp³-hybridized carbons (Fsp3) is 0.333. The van der Waals surface area contributed by atoms with Crippen molar-refractivity contribution in [3.63, 3.8) is 0 Å². The summed E-state index contributed by atoms with van der Waals surface area (Å²) >= 11 is 0. The van der Waals surface area contributed by atoms with Gasteiger partial charge in [0.2, 0.25) is 0 Å². The minimum Gasteiger partial charge on any atom is -0.380 e. The summed E-state index contributed by atoms with van der Waals surface area (Å²) in [5, 5.41) is 3.47. The number of rotatable bonds is 8. The van der Waals surface area contributed by atoms with Gasteiger partial charge in [0, 0.05) is 27.3 Å². The quantitative estimate of drug-likeness (QED) is 0.807. The standard InChI is InChI=1S/C18H23NO2/c1-20-13-16-8-6-15(7-9-16)11-19-12-17-4-3-5-18(10-17)14-21-2/h3-10,19H,11-14H2,1-2H3. The summed E-state index contributed by atoms with van der Waals surface area (Å²) in [6, 6.07) is 17.0. The lowest BCUT2D eigenvalue weighted by molar-refractivity contribution is 0.185. The van der Waals surface area contributed by atoms with E-state index in [1.54, 1.807) is 14.2 Å². The first kappa shape index (κ1) is 15.7. The molecule has 0 atom stereocenters. The summed E-state index contributed by atoms with van der Waals surface area (Å²) in [5.74, 6) is 0. The van der Waals surface area contributed by atoms with Crippen LogP contribution in [0.3, 0.4) is 0 Å². The van der Waals surface area contributed by atoms with Crippen molar-refractivity contribution in [2.45, 2.75) is 26.3 Å². The maximum Gasteiger partial charge on any atom is 0.0713 e. The van der Waals surface area contributed by atoms with E-state index in [0.717, 1.165) is 13.1 Å². The predicted molar refractivity (Wildman–Crippen MR) is 84.9 cm³/mol.